The molecule has 0 aromatic heterocycles. The summed E-state index contributed by atoms with van der Waals surface area (Å²) in [6, 6.07) is 7.79. The first kappa shape index (κ1) is 32.6. The molecule has 1 radical (unpaired) electrons. The molecule has 0 aliphatic rings. The van der Waals surface area contributed by atoms with E-state index in [-0.39, 0.29) is 35.5 Å². The Bertz CT molecular complexity index is 764. The number of benzene rings is 2. The minimum absolute atomic E-state index is 0. The Labute approximate surface area is 206 Å². The Hall–Kier alpha value is -1.54. The maximum absolute atomic E-state index is 12.5. The van der Waals surface area contributed by atoms with E-state index in [0.29, 0.717) is 13.1 Å². The van der Waals surface area contributed by atoms with Crippen LogP contribution in [0.5, 0.6) is 11.5 Å². The zero-order chi connectivity index (χ0) is 23.0. The molecule has 0 saturated heterocycles. The Balaban J connectivity index is 0. The molecule has 2 aromatic rings. The molecule has 0 bridgehead atoms. The van der Waals surface area contributed by atoms with Gasteiger partial charge < -0.3 is 25.7 Å². The molecule has 0 spiro atoms. The van der Waals surface area contributed by atoms with E-state index in [1.54, 1.807) is 13.8 Å². The maximum Gasteiger partial charge on any atom is 0.0231 e. The van der Waals surface area contributed by atoms with Crippen LogP contribution in [0.25, 0.3) is 0 Å². The second-order valence-electron chi connectivity index (χ2n) is 8.70. The summed E-state index contributed by atoms with van der Waals surface area (Å²) in [5, 5.41) is 34.6. The number of hydrogen-bond acceptors (Lipinski definition) is 5. The van der Waals surface area contributed by atoms with Crippen LogP contribution < -0.4 is 15.3 Å². The van der Waals surface area contributed by atoms with Crippen LogP contribution in [0.15, 0.2) is 24.3 Å². The number of likely N-dealkylation sites (N-methyl/N-ethyl adjacent to an activating group) is 1. The summed E-state index contributed by atoms with van der Waals surface area (Å²) >= 11 is 0. The largest absolute Gasteiger partial charge is 2.00 e. The quantitative estimate of drug-likeness (QED) is 0.605. The molecule has 32 heavy (non-hydrogen) atoms. The van der Waals surface area contributed by atoms with Crippen LogP contribution in [0.1, 0.15) is 47.2 Å². The monoisotopic (exact) mass is 480 g/mol. The number of hydrogen-bond donors (Lipinski definition) is 0. The van der Waals surface area contributed by atoms with Gasteiger partial charge in [0.15, 0.2) is 0 Å². The van der Waals surface area contributed by atoms with Crippen molar-refractivity contribution >= 4 is 0 Å². The molecule has 2 rings (SSSR count). The summed E-state index contributed by atoms with van der Waals surface area (Å²) in [6.07, 6.45) is -0.417. The van der Waals surface area contributed by atoms with Crippen molar-refractivity contribution in [3.8, 4) is 11.5 Å². The molecular weight excluding hydrogens is 443 g/mol. The molecule has 0 fully saturated rings. The summed E-state index contributed by atoms with van der Waals surface area (Å²) < 4.78 is 0. The van der Waals surface area contributed by atoms with Crippen LogP contribution in [-0.4, -0.2) is 43.1 Å². The first-order chi connectivity index (χ1) is 13.9. The summed E-state index contributed by atoms with van der Waals surface area (Å²) in [4.78, 5) is 4.32. The zero-order valence-corrected chi connectivity index (χ0v) is 22.1. The second-order valence-corrected chi connectivity index (χ2v) is 8.70. The van der Waals surface area contributed by atoms with Crippen LogP contribution in [0.4, 0.5) is 0 Å². The fraction of sp³-hybridized carbons (Fsp3) is 0.520. The third kappa shape index (κ3) is 11.4. The fourth-order valence-electron chi connectivity index (χ4n) is 3.36. The van der Waals surface area contributed by atoms with Crippen molar-refractivity contribution in [3.05, 3.63) is 57.6 Å². The minimum Gasteiger partial charge on any atom is -2.00 e. The molecule has 7 heteroatoms. The van der Waals surface area contributed by atoms with E-state index in [9.17, 15) is 15.3 Å². The molecule has 0 aliphatic carbocycles. The number of aryl methyl sites for hydroxylation is 4. The van der Waals surface area contributed by atoms with E-state index in [1.165, 1.54) is 0 Å². The average molecular weight is 481 g/mol. The van der Waals surface area contributed by atoms with Crippen LogP contribution in [0, 0.1) is 27.7 Å². The van der Waals surface area contributed by atoms with Gasteiger partial charge in [-0.1, -0.05) is 60.4 Å². The van der Waals surface area contributed by atoms with Gasteiger partial charge in [0.2, 0.25) is 0 Å². The van der Waals surface area contributed by atoms with Gasteiger partial charge in [0, 0.05) is 44.7 Å². The van der Waals surface area contributed by atoms with Crippen molar-refractivity contribution in [2.75, 3.05) is 27.2 Å². The smallest absolute Gasteiger partial charge is 0.0231 e. The first-order valence-corrected chi connectivity index (χ1v) is 10.5. The van der Waals surface area contributed by atoms with E-state index >= 15 is 0 Å². The van der Waals surface area contributed by atoms with E-state index in [0.717, 1.165) is 46.5 Å². The molecular formula is C25H37N2O4V-5. The molecule has 6 nitrogen and oxygen atoms in total. The van der Waals surface area contributed by atoms with Crippen molar-refractivity contribution in [1.82, 2.24) is 9.80 Å². The third-order valence-electron chi connectivity index (χ3n) is 4.64. The van der Waals surface area contributed by atoms with Crippen molar-refractivity contribution in [2.45, 2.75) is 60.7 Å². The summed E-state index contributed by atoms with van der Waals surface area (Å²) in [5.74, 6) is 0.210. The average Bonchev–Trinajstić information content (AvgIpc) is 2.60. The topological polar surface area (TPSA) is 104 Å². The summed E-state index contributed by atoms with van der Waals surface area (Å²) in [6.45, 7) is 13.8. The van der Waals surface area contributed by atoms with Gasteiger partial charge in [0.25, 0.3) is 0 Å². The van der Waals surface area contributed by atoms with Gasteiger partial charge in [0.1, 0.15) is 0 Å². The molecule has 0 aliphatic heterocycles. The Kier molecular flexibility index (Phi) is 15.6. The molecule has 0 saturated carbocycles. The zero-order valence-electron chi connectivity index (χ0n) is 20.7. The molecule has 0 atom stereocenters. The van der Waals surface area contributed by atoms with Crippen LogP contribution in [-0.2, 0) is 37.1 Å². The van der Waals surface area contributed by atoms with Crippen LogP contribution in [0.3, 0.4) is 0 Å². The van der Waals surface area contributed by atoms with Gasteiger partial charge in [-0.25, -0.2) is 0 Å². The molecule has 2 aromatic carbocycles. The van der Waals surface area contributed by atoms with Gasteiger partial charge in [0.05, 0.1) is 0 Å². The Morgan fingerprint density at radius 2 is 1.09 bits per heavy atom. The first-order valence-electron chi connectivity index (χ1n) is 10.5. The van der Waals surface area contributed by atoms with Crippen molar-refractivity contribution in [3.63, 3.8) is 0 Å². The third-order valence-corrected chi connectivity index (χ3v) is 4.64. The summed E-state index contributed by atoms with van der Waals surface area (Å²) in [5.41, 5.74) is 5.37. The van der Waals surface area contributed by atoms with E-state index in [2.05, 4.69) is 9.80 Å². The second kappa shape index (κ2) is 15.3. The molecule has 181 valence electrons. The fourth-order valence-corrected chi connectivity index (χ4v) is 3.36. The predicted molar refractivity (Wildman–Crippen MR) is 119 cm³/mol. The normalized spacial score (nSPS) is 10.5. The molecule has 0 amide bonds. The standard InChI is InChI=1S/C22H32N2O2.C3H7O.O.V/c1-15-9-17(3)21(25)19(11-15)13-24(8-7-23(5)6)14-20-12-16(2)10-18(4)22(20)26;1-3(2)4;;/h9-12,25-26H,7-8,13-14H2,1-6H3;3H,1-2H3;;/q;-1;-2;/p-2. The van der Waals surface area contributed by atoms with E-state index < -0.39 is 6.10 Å². The van der Waals surface area contributed by atoms with Crippen LogP contribution >= 0.6 is 0 Å². The van der Waals surface area contributed by atoms with Crippen molar-refractivity contribution in [2.24, 2.45) is 0 Å². The van der Waals surface area contributed by atoms with E-state index in [4.69, 9.17) is 0 Å². The summed E-state index contributed by atoms with van der Waals surface area (Å²) in [7, 11) is 4.06. The van der Waals surface area contributed by atoms with E-state index in [1.807, 2.05) is 66.1 Å². The minimum atomic E-state index is -0.417. The van der Waals surface area contributed by atoms with Gasteiger partial charge >= 0.3 is 0 Å². The maximum atomic E-state index is 12.5. The Morgan fingerprint density at radius 3 is 1.41 bits per heavy atom. The molecule has 0 N–H and O–H groups in total. The molecule has 0 heterocycles. The van der Waals surface area contributed by atoms with Gasteiger partial charge in [-0.05, 0) is 52.9 Å². The van der Waals surface area contributed by atoms with Gasteiger partial charge in [-0.3, -0.25) is 4.90 Å². The van der Waals surface area contributed by atoms with Crippen molar-refractivity contribution < 1.29 is 39.4 Å². The Morgan fingerprint density at radius 1 is 0.750 bits per heavy atom. The van der Waals surface area contributed by atoms with Crippen molar-refractivity contribution in [1.29, 1.82) is 0 Å². The van der Waals surface area contributed by atoms with Gasteiger partial charge in [-0.2, -0.15) is 0 Å². The molecule has 0 unspecified atom stereocenters. The predicted octanol–water partition coefficient (Wildman–Crippen LogP) is 2.27. The van der Waals surface area contributed by atoms with Crippen LogP contribution in [0.2, 0.25) is 0 Å². The number of nitrogens with zero attached hydrogens (tertiary/aromatic N) is 2. The number of rotatable bonds is 7. The SMILES string of the molecule is CC(C)[O-].Cc1cc(C)c([O-])c(CN(CCN(C)C)Cc2cc(C)cc(C)c2[O-])c1.[O-2].[V]. The van der Waals surface area contributed by atoms with Gasteiger partial charge in [-0.15, -0.1) is 17.6 Å².